The molecule has 0 radical (unpaired) electrons. The normalized spacial score (nSPS) is 18.2. The van der Waals surface area contributed by atoms with Crippen LogP contribution in [0.1, 0.15) is 30.9 Å². The highest BCUT2D eigenvalue weighted by Gasteiger charge is 2.40. The summed E-state index contributed by atoms with van der Waals surface area (Å²) in [5, 5.41) is 9.86. The average Bonchev–Trinajstić information content (AvgIpc) is 2.87. The first-order valence-corrected chi connectivity index (χ1v) is 5.92. The summed E-state index contributed by atoms with van der Waals surface area (Å²) in [4.78, 5) is 0. The van der Waals surface area contributed by atoms with E-state index in [9.17, 15) is 5.11 Å². The summed E-state index contributed by atoms with van der Waals surface area (Å²) in [5.74, 6) is 0. The first kappa shape index (κ1) is 10.2. The maximum Gasteiger partial charge on any atom is 0.0690 e. The summed E-state index contributed by atoms with van der Waals surface area (Å²) < 4.78 is 1.13. The molecule has 76 valence electrons. The van der Waals surface area contributed by atoms with E-state index in [-0.39, 0.29) is 5.60 Å². The number of aliphatic hydroxyl groups is 1. The van der Waals surface area contributed by atoms with Crippen LogP contribution in [0.4, 0.5) is 0 Å². The van der Waals surface area contributed by atoms with Gasteiger partial charge in [0.15, 0.2) is 0 Å². The van der Waals surface area contributed by atoms with Crippen molar-refractivity contribution in [3.63, 3.8) is 0 Å². The second-order valence-electron chi connectivity index (χ2n) is 4.17. The molecule has 2 heteroatoms. The molecule has 0 aromatic heterocycles. The monoisotopic (exact) mass is 254 g/mol. The van der Waals surface area contributed by atoms with Crippen LogP contribution in [-0.4, -0.2) is 10.7 Å². The van der Waals surface area contributed by atoms with Gasteiger partial charge >= 0.3 is 0 Å². The molecular weight excluding hydrogens is 240 g/mol. The van der Waals surface area contributed by atoms with E-state index >= 15 is 0 Å². The topological polar surface area (TPSA) is 20.2 Å². The summed E-state index contributed by atoms with van der Waals surface area (Å²) in [6, 6.07) is 6.33. The molecular formula is C12H15BrO. The molecule has 1 aromatic rings. The quantitative estimate of drug-likeness (QED) is 0.880. The molecule has 0 amide bonds. The van der Waals surface area contributed by atoms with Crippen molar-refractivity contribution in [2.75, 3.05) is 0 Å². The van der Waals surface area contributed by atoms with E-state index in [1.54, 1.807) is 0 Å². The lowest BCUT2D eigenvalue weighted by molar-refractivity contribution is 0.150. The maximum atomic E-state index is 9.86. The fraction of sp³-hybridized carbons (Fsp3) is 0.500. The van der Waals surface area contributed by atoms with Gasteiger partial charge in [-0.3, -0.25) is 0 Å². The maximum absolute atomic E-state index is 9.86. The van der Waals surface area contributed by atoms with Crippen molar-refractivity contribution in [1.29, 1.82) is 0 Å². The van der Waals surface area contributed by atoms with Gasteiger partial charge in [0.2, 0.25) is 0 Å². The predicted molar refractivity (Wildman–Crippen MR) is 61.4 cm³/mol. The molecule has 2 rings (SSSR count). The van der Waals surface area contributed by atoms with E-state index in [0.29, 0.717) is 0 Å². The Hall–Kier alpha value is -0.340. The van der Waals surface area contributed by atoms with Crippen LogP contribution in [0, 0.1) is 0 Å². The summed E-state index contributed by atoms with van der Waals surface area (Å²) in [6.45, 7) is 2.15. The van der Waals surface area contributed by atoms with E-state index in [4.69, 9.17) is 0 Å². The third-order valence-electron chi connectivity index (χ3n) is 2.90. The van der Waals surface area contributed by atoms with Crippen LogP contribution in [0.5, 0.6) is 0 Å². The van der Waals surface area contributed by atoms with Gasteiger partial charge < -0.3 is 5.11 Å². The Balaban J connectivity index is 2.23. The number of hydrogen-bond donors (Lipinski definition) is 1. The lowest BCUT2D eigenvalue weighted by Crippen LogP contribution is -2.12. The molecule has 0 heterocycles. The molecule has 1 fully saturated rings. The number of rotatable bonds is 3. The van der Waals surface area contributed by atoms with E-state index in [1.165, 1.54) is 11.1 Å². The second-order valence-corrected chi connectivity index (χ2v) is 5.08. The molecule has 1 N–H and O–H groups in total. The fourth-order valence-electron chi connectivity index (χ4n) is 1.77. The van der Waals surface area contributed by atoms with Gasteiger partial charge in [0, 0.05) is 10.9 Å². The SMILES string of the molecule is CCc1cc(Br)ccc1CC1(O)CC1. The van der Waals surface area contributed by atoms with Crippen LogP contribution < -0.4 is 0 Å². The largest absolute Gasteiger partial charge is 0.390 e. The lowest BCUT2D eigenvalue weighted by Gasteiger charge is -2.12. The lowest BCUT2D eigenvalue weighted by atomic mass is 9.99. The number of benzene rings is 1. The fourth-order valence-corrected chi connectivity index (χ4v) is 2.18. The van der Waals surface area contributed by atoms with E-state index < -0.39 is 0 Å². The van der Waals surface area contributed by atoms with Crippen LogP contribution in [0.2, 0.25) is 0 Å². The molecule has 0 saturated heterocycles. The zero-order valence-corrected chi connectivity index (χ0v) is 9.97. The smallest absolute Gasteiger partial charge is 0.0690 e. The van der Waals surface area contributed by atoms with Crippen LogP contribution in [0.3, 0.4) is 0 Å². The van der Waals surface area contributed by atoms with E-state index in [2.05, 4.69) is 41.1 Å². The summed E-state index contributed by atoms with van der Waals surface area (Å²) in [7, 11) is 0. The molecule has 0 unspecified atom stereocenters. The van der Waals surface area contributed by atoms with Crippen molar-refractivity contribution in [3.05, 3.63) is 33.8 Å². The summed E-state index contributed by atoms with van der Waals surface area (Å²) in [5.41, 5.74) is 2.27. The van der Waals surface area contributed by atoms with Gasteiger partial charge in [-0.05, 0) is 42.5 Å². The summed E-state index contributed by atoms with van der Waals surface area (Å²) in [6.07, 6.45) is 3.78. The number of hydrogen-bond acceptors (Lipinski definition) is 1. The van der Waals surface area contributed by atoms with Crippen molar-refractivity contribution in [1.82, 2.24) is 0 Å². The van der Waals surface area contributed by atoms with Crippen LogP contribution in [-0.2, 0) is 12.8 Å². The molecule has 0 spiro atoms. The van der Waals surface area contributed by atoms with Gasteiger partial charge in [-0.1, -0.05) is 28.9 Å². The Morgan fingerprint density at radius 3 is 2.64 bits per heavy atom. The molecule has 0 atom stereocenters. The van der Waals surface area contributed by atoms with Gasteiger partial charge in [0.05, 0.1) is 5.60 Å². The van der Waals surface area contributed by atoms with Crippen molar-refractivity contribution >= 4 is 15.9 Å². The Morgan fingerprint density at radius 1 is 1.36 bits per heavy atom. The molecule has 14 heavy (non-hydrogen) atoms. The van der Waals surface area contributed by atoms with Gasteiger partial charge in [0.1, 0.15) is 0 Å². The highest BCUT2D eigenvalue weighted by Crippen LogP contribution is 2.39. The van der Waals surface area contributed by atoms with Crippen LogP contribution in [0.15, 0.2) is 22.7 Å². The molecule has 0 aliphatic heterocycles. The average molecular weight is 255 g/mol. The molecule has 1 saturated carbocycles. The molecule has 1 aliphatic carbocycles. The van der Waals surface area contributed by atoms with Gasteiger partial charge in [-0.2, -0.15) is 0 Å². The van der Waals surface area contributed by atoms with Gasteiger partial charge in [0.25, 0.3) is 0 Å². The number of halogens is 1. The second kappa shape index (κ2) is 3.67. The van der Waals surface area contributed by atoms with Crippen molar-refractivity contribution in [2.45, 2.75) is 38.2 Å². The van der Waals surface area contributed by atoms with E-state index in [0.717, 1.165) is 30.2 Å². The Bertz CT molecular complexity index is 342. The van der Waals surface area contributed by atoms with Crippen molar-refractivity contribution in [3.8, 4) is 0 Å². The minimum atomic E-state index is -0.377. The predicted octanol–water partition coefficient (Wildman–Crippen LogP) is 3.08. The number of aryl methyl sites for hydroxylation is 1. The zero-order chi connectivity index (χ0) is 10.2. The highest BCUT2D eigenvalue weighted by molar-refractivity contribution is 9.10. The van der Waals surface area contributed by atoms with Crippen molar-refractivity contribution < 1.29 is 5.11 Å². The minimum Gasteiger partial charge on any atom is -0.390 e. The Kier molecular flexibility index (Phi) is 2.67. The van der Waals surface area contributed by atoms with E-state index in [1.807, 2.05) is 0 Å². The van der Waals surface area contributed by atoms with Gasteiger partial charge in [-0.15, -0.1) is 0 Å². The zero-order valence-electron chi connectivity index (χ0n) is 8.39. The Morgan fingerprint density at radius 2 is 2.07 bits per heavy atom. The standard InChI is InChI=1S/C12H15BrO/c1-2-9-7-11(13)4-3-10(9)8-12(14)5-6-12/h3-4,7,14H,2,5-6,8H2,1H3. The third kappa shape index (κ3) is 2.18. The third-order valence-corrected chi connectivity index (χ3v) is 3.39. The first-order chi connectivity index (χ1) is 6.63. The van der Waals surface area contributed by atoms with Gasteiger partial charge in [-0.25, -0.2) is 0 Å². The molecule has 1 nitrogen and oxygen atoms in total. The Labute approximate surface area is 93.3 Å². The summed E-state index contributed by atoms with van der Waals surface area (Å²) >= 11 is 3.47. The highest BCUT2D eigenvalue weighted by atomic mass is 79.9. The molecule has 1 aromatic carbocycles. The molecule has 1 aliphatic rings. The van der Waals surface area contributed by atoms with Crippen LogP contribution >= 0.6 is 15.9 Å². The van der Waals surface area contributed by atoms with Crippen molar-refractivity contribution in [2.24, 2.45) is 0 Å². The minimum absolute atomic E-state index is 0.377. The molecule has 0 bridgehead atoms. The van der Waals surface area contributed by atoms with Crippen LogP contribution in [0.25, 0.3) is 0 Å². The first-order valence-electron chi connectivity index (χ1n) is 5.13.